The van der Waals surface area contributed by atoms with Gasteiger partial charge in [-0.15, -0.1) is 0 Å². The second kappa shape index (κ2) is 6.94. The second-order valence-electron chi connectivity index (χ2n) is 6.05. The van der Waals surface area contributed by atoms with Crippen molar-refractivity contribution in [3.05, 3.63) is 22.8 Å². The molecule has 23 heavy (non-hydrogen) atoms. The molecule has 0 aromatic carbocycles. The zero-order valence-electron chi connectivity index (χ0n) is 12.9. The fourth-order valence-corrected chi connectivity index (χ4v) is 3.66. The Morgan fingerprint density at radius 1 is 1.35 bits per heavy atom. The zero-order chi connectivity index (χ0) is 17.3. The van der Waals surface area contributed by atoms with Crippen molar-refractivity contribution in [1.29, 1.82) is 0 Å². The first-order chi connectivity index (χ1) is 10.6. The molecule has 2 heterocycles. The molecule has 1 N–H and O–H groups in total. The van der Waals surface area contributed by atoms with Crippen LogP contribution in [0.25, 0.3) is 0 Å². The van der Waals surface area contributed by atoms with E-state index in [2.05, 4.69) is 15.2 Å². The van der Waals surface area contributed by atoms with Crippen molar-refractivity contribution in [1.82, 2.24) is 9.88 Å². The van der Waals surface area contributed by atoms with E-state index in [9.17, 15) is 17.4 Å². The summed E-state index contributed by atoms with van der Waals surface area (Å²) >= 11 is 5.89. The normalized spacial score (nSPS) is 18.2. The molecule has 0 aliphatic carbocycles. The van der Waals surface area contributed by atoms with E-state index in [1.165, 1.54) is 0 Å². The maximum Gasteiger partial charge on any atom is 0.417 e. The van der Waals surface area contributed by atoms with Gasteiger partial charge in [-0.25, -0.2) is 4.98 Å². The standard InChI is InChI=1S/C14H19ClF3N3OS/c1-13(2,21-3-5-23(22)6-4-21)9-20-12-11(15)7-10(8-19-12)14(16,17)18/h7-8H,3-6,9H2,1-2H3,(H,19,20). The molecule has 1 aromatic heterocycles. The third-order valence-electron chi connectivity index (χ3n) is 3.89. The van der Waals surface area contributed by atoms with E-state index in [0.29, 0.717) is 18.1 Å². The van der Waals surface area contributed by atoms with E-state index in [-0.39, 0.29) is 16.4 Å². The highest BCUT2D eigenvalue weighted by Crippen LogP contribution is 2.32. The average Bonchev–Trinajstić information content (AvgIpc) is 2.45. The summed E-state index contributed by atoms with van der Waals surface area (Å²) in [6.45, 7) is 5.97. The first-order valence-electron chi connectivity index (χ1n) is 7.16. The maximum absolute atomic E-state index is 12.6. The first kappa shape index (κ1) is 18.5. The molecule has 0 radical (unpaired) electrons. The number of hydrogen-bond acceptors (Lipinski definition) is 4. The molecule has 0 bridgehead atoms. The first-order valence-corrected chi connectivity index (χ1v) is 9.03. The van der Waals surface area contributed by atoms with Gasteiger partial charge in [-0.05, 0) is 19.9 Å². The van der Waals surface area contributed by atoms with Gasteiger partial charge < -0.3 is 5.32 Å². The number of halogens is 4. The monoisotopic (exact) mass is 369 g/mol. The smallest absolute Gasteiger partial charge is 0.367 e. The van der Waals surface area contributed by atoms with E-state index in [1.807, 2.05) is 13.8 Å². The second-order valence-corrected chi connectivity index (χ2v) is 8.16. The molecule has 2 rings (SSSR count). The predicted molar refractivity (Wildman–Crippen MR) is 86.3 cm³/mol. The lowest BCUT2D eigenvalue weighted by Crippen LogP contribution is -2.53. The van der Waals surface area contributed by atoms with E-state index in [4.69, 9.17) is 11.6 Å². The van der Waals surface area contributed by atoms with Crippen LogP contribution in [-0.2, 0) is 17.0 Å². The fraction of sp³-hybridized carbons (Fsp3) is 0.643. The summed E-state index contributed by atoms with van der Waals surface area (Å²) in [5, 5.41) is 2.95. The number of nitrogens with zero attached hydrogens (tertiary/aromatic N) is 2. The molecule has 4 nitrogen and oxygen atoms in total. The van der Waals surface area contributed by atoms with E-state index in [0.717, 1.165) is 25.4 Å². The lowest BCUT2D eigenvalue weighted by Gasteiger charge is -2.40. The Balaban J connectivity index is 2.01. The van der Waals surface area contributed by atoms with Gasteiger partial charge in [0.05, 0.1) is 10.6 Å². The van der Waals surface area contributed by atoms with E-state index < -0.39 is 22.5 Å². The summed E-state index contributed by atoms with van der Waals surface area (Å²) in [4.78, 5) is 5.98. The number of alkyl halides is 3. The summed E-state index contributed by atoms with van der Waals surface area (Å²) in [5.74, 6) is 1.51. The van der Waals surface area contributed by atoms with Crippen LogP contribution in [0.3, 0.4) is 0 Å². The van der Waals surface area contributed by atoms with Crippen molar-refractivity contribution < 1.29 is 17.4 Å². The van der Waals surface area contributed by atoms with Crippen LogP contribution in [0.1, 0.15) is 19.4 Å². The predicted octanol–water partition coefficient (Wildman–Crippen LogP) is 3.01. The minimum absolute atomic E-state index is 0.0598. The van der Waals surface area contributed by atoms with Gasteiger partial charge in [0.2, 0.25) is 0 Å². The van der Waals surface area contributed by atoms with E-state index in [1.54, 1.807) is 0 Å². The summed E-state index contributed by atoms with van der Waals surface area (Å²) in [6.07, 6.45) is -3.69. The lowest BCUT2D eigenvalue weighted by atomic mass is 10.0. The van der Waals surface area contributed by atoms with Crippen molar-refractivity contribution in [2.24, 2.45) is 0 Å². The zero-order valence-corrected chi connectivity index (χ0v) is 14.5. The van der Waals surface area contributed by atoms with Crippen molar-refractivity contribution in [3.8, 4) is 0 Å². The van der Waals surface area contributed by atoms with Crippen LogP contribution in [0, 0.1) is 0 Å². The summed E-state index contributed by atoms with van der Waals surface area (Å²) < 4.78 is 49.2. The summed E-state index contributed by atoms with van der Waals surface area (Å²) in [7, 11) is -0.753. The van der Waals surface area contributed by atoms with Crippen LogP contribution in [0.2, 0.25) is 5.02 Å². The molecule has 0 atom stereocenters. The van der Waals surface area contributed by atoms with Crippen molar-refractivity contribution in [3.63, 3.8) is 0 Å². The minimum Gasteiger partial charge on any atom is -0.367 e. The van der Waals surface area contributed by atoms with Gasteiger partial charge in [0.1, 0.15) is 5.82 Å². The van der Waals surface area contributed by atoms with Gasteiger partial charge in [-0.2, -0.15) is 13.2 Å². The third-order valence-corrected chi connectivity index (χ3v) is 5.45. The number of anilines is 1. The van der Waals surface area contributed by atoms with Crippen molar-refractivity contribution in [2.75, 3.05) is 36.5 Å². The van der Waals surface area contributed by atoms with Gasteiger partial charge in [0, 0.05) is 53.7 Å². The summed E-state index contributed by atoms with van der Waals surface area (Å²) in [6, 6.07) is 0.869. The Kier molecular flexibility index (Phi) is 5.58. The van der Waals surface area contributed by atoms with E-state index >= 15 is 0 Å². The van der Waals surface area contributed by atoms with Crippen LogP contribution in [0.4, 0.5) is 19.0 Å². The highest BCUT2D eigenvalue weighted by molar-refractivity contribution is 7.85. The molecule has 9 heteroatoms. The average molecular weight is 370 g/mol. The maximum atomic E-state index is 12.6. The summed E-state index contributed by atoms with van der Waals surface area (Å²) in [5.41, 5.74) is -1.12. The van der Waals surface area contributed by atoms with Gasteiger partial charge in [-0.1, -0.05) is 11.6 Å². The van der Waals surface area contributed by atoms with Crippen LogP contribution < -0.4 is 5.32 Å². The van der Waals surface area contributed by atoms with Gasteiger partial charge in [0.25, 0.3) is 0 Å². The number of hydrogen-bond donors (Lipinski definition) is 1. The molecule has 1 fully saturated rings. The number of nitrogens with one attached hydrogen (secondary N) is 1. The van der Waals surface area contributed by atoms with Crippen LogP contribution in [-0.4, -0.2) is 50.8 Å². The molecule has 1 aliphatic rings. The molecule has 0 saturated carbocycles. The fourth-order valence-electron chi connectivity index (χ4n) is 2.38. The Labute approximate surface area is 140 Å². The number of pyridine rings is 1. The molecular weight excluding hydrogens is 351 g/mol. The molecule has 0 amide bonds. The van der Waals surface area contributed by atoms with Crippen molar-refractivity contribution >= 4 is 28.2 Å². The molecule has 1 aromatic rings. The topological polar surface area (TPSA) is 45.2 Å². The third kappa shape index (κ3) is 4.81. The van der Waals surface area contributed by atoms with Crippen LogP contribution in [0.15, 0.2) is 12.3 Å². The number of rotatable bonds is 4. The Morgan fingerprint density at radius 2 is 1.96 bits per heavy atom. The quantitative estimate of drug-likeness (QED) is 0.886. The Bertz CT molecular complexity index is 585. The van der Waals surface area contributed by atoms with Crippen LogP contribution >= 0.6 is 11.6 Å². The Morgan fingerprint density at radius 3 is 2.48 bits per heavy atom. The number of aromatic nitrogens is 1. The highest BCUT2D eigenvalue weighted by atomic mass is 35.5. The lowest BCUT2D eigenvalue weighted by molar-refractivity contribution is -0.137. The molecule has 1 aliphatic heterocycles. The molecule has 0 spiro atoms. The molecule has 1 saturated heterocycles. The van der Waals surface area contributed by atoms with Gasteiger partial charge in [-0.3, -0.25) is 9.11 Å². The van der Waals surface area contributed by atoms with Gasteiger partial charge >= 0.3 is 6.18 Å². The molecule has 130 valence electrons. The largest absolute Gasteiger partial charge is 0.417 e. The Hall–Kier alpha value is -0.860. The molecule has 0 unspecified atom stereocenters. The molecular formula is C14H19ClF3N3OS. The van der Waals surface area contributed by atoms with Crippen molar-refractivity contribution in [2.45, 2.75) is 25.6 Å². The highest BCUT2D eigenvalue weighted by Gasteiger charge is 2.32. The minimum atomic E-state index is -4.46. The van der Waals surface area contributed by atoms with Gasteiger partial charge in [0.15, 0.2) is 0 Å². The SMILES string of the molecule is CC(C)(CNc1ncc(C(F)(F)F)cc1Cl)N1CCS(=O)CC1. The van der Waals surface area contributed by atoms with Crippen LogP contribution in [0.5, 0.6) is 0 Å².